The molecule has 4 nitrogen and oxygen atoms in total. The van der Waals surface area contributed by atoms with Crippen molar-refractivity contribution in [3.05, 3.63) is 56.9 Å². The number of rotatable bonds is 3. The molecule has 0 aliphatic heterocycles. The van der Waals surface area contributed by atoms with Crippen molar-refractivity contribution in [3.8, 4) is 0 Å². The van der Waals surface area contributed by atoms with Crippen LogP contribution >= 0.6 is 27.5 Å². The zero-order valence-corrected chi connectivity index (χ0v) is 12.2. The first kappa shape index (κ1) is 14.1. The maximum Gasteiger partial charge on any atom is 0.371 e. The Morgan fingerprint density at radius 1 is 1.37 bits per heavy atom. The van der Waals surface area contributed by atoms with Crippen LogP contribution in [0.5, 0.6) is 0 Å². The molecule has 6 heteroatoms. The zero-order chi connectivity index (χ0) is 14.2. The van der Waals surface area contributed by atoms with Gasteiger partial charge in [-0.3, -0.25) is 0 Å². The highest BCUT2D eigenvalue weighted by Crippen LogP contribution is 2.36. The molecule has 0 fully saturated rings. The second kappa shape index (κ2) is 5.00. The van der Waals surface area contributed by atoms with Gasteiger partial charge in [0.05, 0.1) is 0 Å². The molecular weight excluding hydrogens is 335 g/mol. The first-order valence-electron chi connectivity index (χ1n) is 5.34. The van der Waals surface area contributed by atoms with Gasteiger partial charge < -0.3 is 14.6 Å². The highest BCUT2D eigenvalue weighted by atomic mass is 79.9. The summed E-state index contributed by atoms with van der Waals surface area (Å²) < 4.78 is 5.91. The minimum Gasteiger partial charge on any atom is -0.475 e. The van der Waals surface area contributed by atoms with E-state index in [0.29, 0.717) is 10.6 Å². The van der Waals surface area contributed by atoms with Gasteiger partial charge in [0.1, 0.15) is 11.4 Å². The van der Waals surface area contributed by atoms with Crippen molar-refractivity contribution in [1.29, 1.82) is 0 Å². The van der Waals surface area contributed by atoms with Gasteiger partial charge in [-0.25, -0.2) is 4.79 Å². The summed E-state index contributed by atoms with van der Waals surface area (Å²) >= 11 is 9.36. The summed E-state index contributed by atoms with van der Waals surface area (Å²) in [5, 5.41) is 19.7. The van der Waals surface area contributed by atoms with Crippen LogP contribution in [0.2, 0.25) is 5.02 Å². The number of halogens is 2. The van der Waals surface area contributed by atoms with E-state index in [4.69, 9.17) is 21.1 Å². The maximum atomic E-state index is 10.8. The highest BCUT2D eigenvalue weighted by molar-refractivity contribution is 9.10. The second-order valence-electron chi connectivity index (χ2n) is 4.17. The lowest BCUT2D eigenvalue weighted by molar-refractivity contribution is 0.0602. The molecule has 0 saturated heterocycles. The predicted octanol–water partition coefficient (Wildman–Crippen LogP) is 3.65. The van der Waals surface area contributed by atoms with E-state index >= 15 is 0 Å². The summed E-state index contributed by atoms with van der Waals surface area (Å²) in [7, 11) is 0. The van der Waals surface area contributed by atoms with Gasteiger partial charge >= 0.3 is 5.97 Å². The molecule has 1 unspecified atom stereocenters. The van der Waals surface area contributed by atoms with E-state index in [9.17, 15) is 9.90 Å². The molecule has 19 heavy (non-hydrogen) atoms. The molecule has 0 saturated carbocycles. The van der Waals surface area contributed by atoms with Gasteiger partial charge in [-0.2, -0.15) is 0 Å². The molecule has 100 valence electrons. The predicted molar refractivity (Wildman–Crippen MR) is 73.5 cm³/mol. The van der Waals surface area contributed by atoms with Gasteiger partial charge in [0.25, 0.3) is 0 Å². The quantitative estimate of drug-likeness (QED) is 0.891. The molecule has 0 spiro atoms. The van der Waals surface area contributed by atoms with Crippen LogP contribution in [-0.2, 0) is 5.60 Å². The molecule has 1 atom stereocenters. The highest BCUT2D eigenvalue weighted by Gasteiger charge is 2.32. The molecule has 1 aromatic carbocycles. The van der Waals surface area contributed by atoms with Crippen molar-refractivity contribution in [3.63, 3.8) is 0 Å². The largest absolute Gasteiger partial charge is 0.475 e. The van der Waals surface area contributed by atoms with Gasteiger partial charge in [-0.05, 0) is 31.2 Å². The number of hydrogen-bond acceptors (Lipinski definition) is 3. The Hall–Kier alpha value is -1.30. The fraction of sp³-hybridized carbons (Fsp3) is 0.154. The van der Waals surface area contributed by atoms with E-state index < -0.39 is 11.6 Å². The van der Waals surface area contributed by atoms with Gasteiger partial charge in [0.2, 0.25) is 5.76 Å². The normalized spacial score (nSPS) is 14.1. The minimum atomic E-state index is -1.51. The summed E-state index contributed by atoms with van der Waals surface area (Å²) in [5.74, 6) is -1.30. The molecule has 0 bridgehead atoms. The lowest BCUT2D eigenvalue weighted by atomic mass is 9.93. The van der Waals surface area contributed by atoms with Crippen LogP contribution in [0, 0.1) is 0 Å². The minimum absolute atomic E-state index is 0.120. The van der Waals surface area contributed by atoms with E-state index in [1.807, 2.05) is 0 Å². The third-order valence-corrected chi connectivity index (χ3v) is 3.56. The number of carboxylic acids is 1. The van der Waals surface area contributed by atoms with Gasteiger partial charge in [-0.1, -0.05) is 33.6 Å². The summed E-state index contributed by atoms with van der Waals surface area (Å²) in [5.41, 5.74) is -1.07. The monoisotopic (exact) mass is 344 g/mol. The van der Waals surface area contributed by atoms with Crippen LogP contribution in [0.1, 0.15) is 28.8 Å². The van der Waals surface area contributed by atoms with Gasteiger partial charge in [-0.15, -0.1) is 0 Å². The summed E-state index contributed by atoms with van der Waals surface area (Å²) in [6, 6.07) is 7.74. The van der Waals surface area contributed by atoms with E-state index in [-0.39, 0.29) is 11.5 Å². The van der Waals surface area contributed by atoms with Crippen molar-refractivity contribution < 1.29 is 19.4 Å². The third-order valence-electron chi connectivity index (χ3n) is 2.75. The molecular formula is C13H10BrClO4. The van der Waals surface area contributed by atoms with Crippen molar-refractivity contribution >= 4 is 33.5 Å². The average Bonchev–Trinajstić information content (AvgIpc) is 2.78. The molecule has 1 aromatic heterocycles. The number of aliphatic hydroxyl groups is 1. The third kappa shape index (κ3) is 2.68. The Kier molecular flexibility index (Phi) is 3.71. The molecule has 0 radical (unpaired) electrons. The molecule has 0 aliphatic rings. The zero-order valence-electron chi connectivity index (χ0n) is 9.85. The lowest BCUT2D eigenvalue weighted by Crippen LogP contribution is -2.22. The van der Waals surface area contributed by atoms with Crippen LogP contribution in [0.4, 0.5) is 0 Å². The van der Waals surface area contributed by atoms with Crippen LogP contribution in [0.25, 0.3) is 0 Å². The van der Waals surface area contributed by atoms with Gasteiger partial charge in [0, 0.05) is 15.1 Å². The molecule has 2 rings (SSSR count). The second-order valence-corrected chi connectivity index (χ2v) is 5.49. The number of benzene rings is 1. The fourth-order valence-electron chi connectivity index (χ4n) is 1.73. The Balaban J connectivity index is 2.48. The van der Waals surface area contributed by atoms with Crippen molar-refractivity contribution in [2.75, 3.05) is 0 Å². The topological polar surface area (TPSA) is 70.7 Å². The van der Waals surface area contributed by atoms with Crippen LogP contribution in [0.3, 0.4) is 0 Å². The maximum absolute atomic E-state index is 10.8. The molecule has 0 amide bonds. The van der Waals surface area contributed by atoms with Crippen molar-refractivity contribution in [2.24, 2.45) is 0 Å². The summed E-state index contributed by atoms with van der Waals surface area (Å²) in [6.07, 6.45) is 0. The van der Waals surface area contributed by atoms with E-state index in [1.54, 1.807) is 18.2 Å². The van der Waals surface area contributed by atoms with Crippen molar-refractivity contribution in [1.82, 2.24) is 0 Å². The van der Waals surface area contributed by atoms with Crippen LogP contribution < -0.4 is 0 Å². The van der Waals surface area contributed by atoms with Crippen LogP contribution in [0.15, 0.2) is 39.2 Å². The standard InChI is InChI=1S/C13H10BrClO4/c1-13(18,8-3-2-7(14)6-9(8)15)11-5-4-10(19-11)12(16)17/h2-6,18H,1H3,(H,16,17). The molecule has 2 aromatic rings. The SMILES string of the molecule is CC(O)(c1ccc(C(=O)O)o1)c1ccc(Br)cc1Cl. The van der Waals surface area contributed by atoms with Gasteiger partial charge in [0.15, 0.2) is 0 Å². The van der Waals surface area contributed by atoms with Crippen molar-refractivity contribution in [2.45, 2.75) is 12.5 Å². The van der Waals surface area contributed by atoms with E-state index in [1.165, 1.54) is 19.1 Å². The summed E-state index contributed by atoms with van der Waals surface area (Å²) in [4.78, 5) is 10.8. The smallest absolute Gasteiger partial charge is 0.371 e. The number of carbonyl (C=O) groups is 1. The van der Waals surface area contributed by atoms with E-state index in [2.05, 4.69) is 15.9 Å². The Labute approximate surface area is 122 Å². The fourth-order valence-corrected chi connectivity index (χ4v) is 2.59. The summed E-state index contributed by atoms with van der Waals surface area (Å²) in [6.45, 7) is 1.49. The Morgan fingerprint density at radius 2 is 2.05 bits per heavy atom. The Bertz CT molecular complexity index is 633. The molecule has 2 N–H and O–H groups in total. The number of furan rings is 1. The average molecular weight is 346 g/mol. The Morgan fingerprint density at radius 3 is 2.58 bits per heavy atom. The lowest BCUT2D eigenvalue weighted by Gasteiger charge is -2.22. The van der Waals surface area contributed by atoms with E-state index in [0.717, 1.165) is 4.47 Å². The molecule has 0 aliphatic carbocycles. The number of carboxylic acid groups (broad SMARTS) is 1. The molecule has 1 heterocycles. The first-order valence-corrected chi connectivity index (χ1v) is 6.51. The first-order chi connectivity index (χ1) is 8.82. The van der Waals surface area contributed by atoms with Crippen LogP contribution in [-0.4, -0.2) is 16.2 Å². The number of aromatic carboxylic acids is 1. The number of hydrogen-bond donors (Lipinski definition) is 2.